The molecule has 0 bridgehead atoms. The lowest BCUT2D eigenvalue weighted by molar-refractivity contribution is -0.143. The maximum Gasteiger partial charge on any atom is 0.324 e. The van der Waals surface area contributed by atoms with Crippen LogP contribution in [0.5, 0.6) is 0 Å². The zero-order valence-corrected chi connectivity index (χ0v) is 13.1. The lowest BCUT2D eigenvalue weighted by atomic mass is 10.1. The maximum absolute atomic E-state index is 11.3. The Kier molecular flexibility index (Phi) is 5.69. The summed E-state index contributed by atoms with van der Waals surface area (Å²) in [6.07, 6.45) is 0. The summed E-state index contributed by atoms with van der Waals surface area (Å²) in [5, 5.41) is 12.4. The molecule has 0 aliphatic carbocycles. The minimum absolute atomic E-state index is 0.136. The number of carboxylic acid groups (broad SMARTS) is 1. The van der Waals surface area contributed by atoms with Crippen molar-refractivity contribution in [2.24, 2.45) is 0 Å². The van der Waals surface area contributed by atoms with E-state index >= 15 is 0 Å². The van der Waals surface area contributed by atoms with Crippen molar-refractivity contribution in [3.05, 3.63) is 28.7 Å². The van der Waals surface area contributed by atoms with Gasteiger partial charge < -0.3 is 5.11 Å². The first-order valence-corrected chi connectivity index (χ1v) is 7.51. The Hall–Kier alpha value is -0.520. The molecular weight excluding hydrogens is 314 g/mol. The van der Waals surface area contributed by atoms with Crippen LogP contribution >= 0.6 is 27.7 Å². The van der Waals surface area contributed by atoms with Gasteiger partial charge >= 0.3 is 5.97 Å². The summed E-state index contributed by atoms with van der Waals surface area (Å²) in [5.74, 6) is -0.330. The second-order valence-electron chi connectivity index (χ2n) is 4.68. The van der Waals surface area contributed by atoms with Crippen LogP contribution in [0.25, 0.3) is 0 Å². The summed E-state index contributed by atoms with van der Waals surface area (Å²) in [6.45, 7) is 5.62. The number of halogens is 1. The van der Waals surface area contributed by atoms with Gasteiger partial charge in [0.05, 0.1) is 0 Å². The van der Waals surface area contributed by atoms with Crippen molar-refractivity contribution in [3.8, 4) is 0 Å². The highest BCUT2D eigenvalue weighted by molar-refractivity contribution is 9.10. The van der Waals surface area contributed by atoms with Gasteiger partial charge in [0.2, 0.25) is 0 Å². The predicted molar refractivity (Wildman–Crippen MR) is 79.2 cm³/mol. The highest BCUT2D eigenvalue weighted by Crippen LogP contribution is 2.24. The van der Waals surface area contributed by atoms with Crippen molar-refractivity contribution in [2.45, 2.75) is 37.2 Å². The van der Waals surface area contributed by atoms with Gasteiger partial charge in [-0.25, -0.2) is 0 Å². The van der Waals surface area contributed by atoms with Gasteiger partial charge in [0, 0.05) is 21.2 Å². The fraction of sp³-hybridized carbons (Fsp3) is 0.462. The summed E-state index contributed by atoms with van der Waals surface area (Å²) < 4.78 is 1.02. The number of thioether (sulfide) groups is 1. The minimum Gasteiger partial charge on any atom is -0.480 e. The van der Waals surface area contributed by atoms with E-state index in [1.165, 1.54) is 0 Å². The van der Waals surface area contributed by atoms with Crippen molar-refractivity contribution in [2.75, 3.05) is 5.75 Å². The molecule has 0 heterocycles. The molecule has 0 saturated heterocycles. The van der Waals surface area contributed by atoms with Crippen molar-refractivity contribution in [3.63, 3.8) is 0 Å². The summed E-state index contributed by atoms with van der Waals surface area (Å²) in [5.41, 5.74) is -0.911. The number of aliphatic carboxylic acids is 1. The molecular formula is C13H18BrNO2S. The largest absolute Gasteiger partial charge is 0.480 e. The van der Waals surface area contributed by atoms with E-state index in [4.69, 9.17) is 0 Å². The molecule has 1 unspecified atom stereocenters. The zero-order chi connectivity index (χ0) is 13.8. The Morgan fingerprint density at radius 1 is 1.44 bits per heavy atom. The van der Waals surface area contributed by atoms with E-state index in [1.807, 2.05) is 38.1 Å². The SMILES string of the molecule is CC(C)NC(C)(CSc1ccc(Br)cc1)C(=O)O. The minimum atomic E-state index is -0.911. The van der Waals surface area contributed by atoms with E-state index in [0.717, 1.165) is 9.37 Å². The van der Waals surface area contributed by atoms with Crippen molar-refractivity contribution in [1.29, 1.82) is 0 Å². The van der Waals surface area contributed by atoms with Gasteiger partial charge in [-0.1, -0.05) is 15.9 Å². The number of benzene rings is 1. The third kappa shape index (κ3) is 4.63. The van der Waals surface area contributed by atoms with Crippen LogP contribution in [0.1, 0.15) is 20.8 Å². The molecule has 18 heavy (non-hydrogen) atoms. The molecule has 2 N–H and O–H groups in total. The lowest BCUT2D eigenvalue weighted by Gasteiger charge is -2.28. The van der Waals surface area contributed by atoms with Crippen LogP contribution in [0.3, 0.4) is 0 Å². The van der Waals surface area contributed by atoms with Crippen LogP contribution in [0.4, 0.5) is 0 Å². The van der Waals surface area contributed by atoms with E-state index in [-0.39, 0.29) is 6.04 Å². The Morgan fingerprint density at radius 2 is 2.00 bits per heavy atom. The molecule has 0 radical (unpaired) electrons. The number of carboxylic acids is 1. The maximum atomic E-state index is 11.3. The smallest absolute Gasteiger partial charge is 0.324 e. The van der Waals surface area contributed by atoms with Gasteiger partial charge in [0.25, 0.3) is 0 Å². The normalized spacial score (nSPS) is 14.5. The average Bonchev–Trinajstić information content (AvgIpc) is 2.27. The van der Waals surface area contributed by atoms with Gasteiger partial charge in [-0.15, -0.1) is 11.8 Å². The van der Waals surface area contributed by atoms with Crippen LogP contribution in [0.2, 0.25) is 0 Å². The van der Waals surface area contributed by atoms with Crippen LogP contribution < -0.4 is 5.32 Å². The topological polar surface area (TPSA) is 49.3 Å². The highest BCUT2D eigenvalue weighted by atomic mass is 79.9. The second-order valence-corrected chi connectivity index (χ2v) is 6.64. The Balaban J connectivity index is 2.68. The summed E-state index contributed by atoms with van der Waals surface area (Å²) in [6, 6.07) is 8.00. The molecule has 5 heteroatoms. The number of rotatable bonds is 6. The summed E-state index contributed by atoms with van der Waals surface area (Å²) >= 11 is 4.92. The summed E-state index contributed by atoms with van der Waals surface area (Å²) in [4.78, 5) is 12.4. The van der Waals surface area contributed by atoms with Gasteiger partial charge in [0.1, 0.15) is 5.54 Å². The van der Waals surface area contributed by atoms with Gasteiger partial charge in [0.15, 0.2) is 0 Å². The first-order valence-electron chi connectivity index (χ1n) is 5.73. The van der Waals surface area contributed by atoms with Crippen molar-refractivity contribution >= 4 is 33.7 Å². The molecule has 0 spiro atoms. The Labute approximate surface area is 120 Å². The van der Waals surface area contributed by atoms with E-state index in [9.17, 15) is 9.90 Å². The molecule has 1 rings (SSSR count). The molecule has 1 aromatic rings. The first kappa shape index (κ1) is 15.5. The number of nitrogens with one attached hydrogen (secondary N) is 1. The molecule has 3 nitrogen and oxygen atoms in total. The molecule has 1 aromatic carbocycles. The standard InChI is InChI=1S/C13H18BrNO2S/c1-9(2)15-13(3,12(16)17)8-18-11-6-4-10(14)5-7-11/h4-7,9,15H,8H2,1-3H3,(H,16,17). The zero-order valence-electron chi connectivity index (χ0n) is 10.7. The van der Waals surface area contributed by atoms with Gasteiger partial charge in [-0.3, -0.25) is 10.1 Å². The monoisotopic (exact) mass is 331 g/mol. The highest BCUT2D eigenvalue weighted by Gasteiger charge is 2.33. The van der Waals surface area contributed by atoms with E-state index in [2.05, 4.69) is 21.2 Å². The third-order valence-corrected chi connectivity index (χ3v) is 4.28. The van der Waals surface area contributed by atoms with Crippen LogP contribution in [-0.2, 0) is 4.79 Å². The van der Waals surface area contributed by atoms with Crippen molar-refractivity contribution in [1.82, 2.24) is 5.32 Å². The Morgan fingerprint density at radius 3 is 2.44 bits per heavy atom. The quantitative estimate of drug-likeness (QED) is 0.784. The number of hydrogen-bond acceptors (Lipinski definition) is 3. The second kappa shape index (κ2) is 6.59. The molecule has 0 amide bonds. The molecule has 0 saturated carbocycles. The molecule has 1 atom stereocenters. The number of hydrogen-bond donors (Lipinski definition) is 2. The third-order valence-electron chi connectivity index (χ3n) is 2.42. The van der Waals surface area contributed by atoms with Crippen LogP contribution in [-0.4, -0.2) is 28.4 Å². The predicted octanol–water partition coefficient (Wildman–Crippen LogP) is 3.38. The fourth-order valence-electron chi connectivity index (χ4n) is 1.56. The number of carbonyl (C=O) groups is 1. The van der Waals surface area contributed by atoms with Crippen LogP contribution in [0, 0.1) is 0 Å². The molecule has 0 fully saturated rings. The fourth-order valence-corrected chi connectivity index (χ4v) is 2.82. The van der Waals surface area contributed by atoms with Crippen LogP contribution in [0.15, 0.2) is 33.6 Å². The average molecular weight is 332 g/mol. The Bertz CT molecular complexity index is 408. The molecule has 0 aromatic heterocycles. The molecule has 0 aliphatic rings. The first-order chi connectivity index (χ1) is 8.33. The van der Waals surface area contributed by atoms with Gasteiger partial charge in [-0.2, -0.15) is 0 Å². The summed E-state index contributed by atoms with van der Waals surface area (Å²) in [7, 11) is 0. The van der Waals surface area contributed by atoms with E-state index < -0.39 is 11.5 Å². The lowest BCUT2D eigenvalue weighted by Crippen LogP contribution is -2.54. The molecule has 0 aliphatic heterocycles. The molecule has 100 valence electrons. The van der Waals surface area contributed by atoms with Gasteiger partial charge in [-0.05, 0) is 45.0 Å². The van der Waals surface area contributed by atoms with E-state index in [0.29, 0.717) is 5.75 Å². The van der Waals surface area contributed by atoms with Crippen molar-refractivity contribution < 1.29 is 9.90 Å². The van der Waals surface area contributed by atoms with E-state index in [1.54, 1.807) is 18.7 Å².